The number of piperidine rings is 1. The second kappa shape index (κ2) is 8.61. The Labute approximate surface area is 167 Å². The summed E-state index contributed by atoms with van der Waals surface area (Å²) in [6.45, 7) is 2.37. The van der Waals surface area contributed by atoms with Gasteiger partial charge in [-0.2, -0.15) is 0 Å². The van der Waals surface area contributed by atoms with E-state index in [1.807, 2.05) is 6.07 Å². The normalized spacial score (nSPS) is 17.8. The van der Waals surface area contributed by atoms with Gasteiger partial charge in [0.05, 0.1) is 10.9 Å². The van der Waals surface area contributed by atoms with Crippen LogP contribution in [0.15, 0.2) is 42.5 Å². The number of carboxylic acids is 1. The predicted molar refractivity (Wildman–Crippen MR) is 104 cm³/mol. The van der Waals surface area contributed by atoms with Crippen LogP contribution in [-0.4, -0.2) is 41.1 Å². The molecule has 1 aliphatic rings. The number of carbonyl (C=O) groups is 2. The fraction of sp³-hybridized carbons (Fsp3) is 0.333. The van der Waals surface area contributed by atoms with Crippen molar-refractivity contribution >= 4 is 23.5 Å². The molecule has 1 aliphatic heterocycles. The van der Waals surface area contributed by atoms with Crippen molar-refractivity contribution in [2.75, 3.05) is 13.1 Å². The van der Waals surface area contributed by atoms with E-state index >= 15 is 0 Å². The van der Waals surface area contributed by atoms with Gasteiger partial charge in [0.25, 0.3) is 5.91 Å². The van der Waals surface area contributed by atoms with Crippen molar-refractivity contribution in [1.82, 2.24) is 4.90 Å². The zero-order chi connectivity index (χ0) is 20.3. The highest BCUT2D eigenvalue weighted by Crippen LogP contribution is 2.31. The van der Waals surface area contributed by atoms with Gasteiger partial charge in [0.2, 0.25) is 0 Å². The van der Waals surface area contributed by atoms with E-state index in [0.717, 1.165) is 5.56 Å². The molecule has 1 saturated heterocycles. The van der Waals surface area contributed by atoms with Gasteiger partial charge < -0.3 is 14.7 Å². The Morgan fingerprint density at radius 3 is 2.79 bits per heavy atom. The molecule has 0 spiro atoms. The number of carbonyl (C=O) groups excluding carboxylic acids is 1. The van der Waals surface area contributed by atoms with Gasteiger partial charge in [-0.25, -0.2) is 4.39 Å². The summed E-state index contributed by atoms with van der Waals surface area (Å²) in [6.07, 6.45) is 0.481. The highest BCUT2D eigenvalue weighted by Gasteiger charge is 2.31. The predicted octanol–water partition coefficient (Wildman–Crippen LogP) is 4.24. The minimum absolute atomic E-state index is 0.201. The topological polar surface area (TPSA) is 66.8 Å². The number of halogens is 2. The maximum absolute atomic E-state index is 13.3. The van der Waals surface area contributed by atoms with Crippen LogP contribution < -0.4 is 4.74 Å². The van der Waals surface area contributed by atoms with Crippen LogP contribution in [0, 0.1) is 11.7 Å². The second-order valence-electron chi connectivity index (χ2n) is 6.87. The Morgan fingerprint density at radius 2 is 2.07 bits per heavy atom. The summed E-state index contributed by atoms with van der Waals surface area (Å²) < 4.78 is 19.1. The zero-order valence-corrected chi connectivity index (χ0v) is 16.2. The van der Waals surface area contributed by atoms with Crippen molar-refractivity contribution in [2.24, 2.45) is 5.92 Å². The van der Waals surface area contributed by atoms with Crippen molar-refractivity contribution in [1.29, 1.82) is 0 Å². The largest absolute Gasteiger partial charge is 0.481 e. The monoisotopic (exact) mass is 405 g/mol. The van der Waals surface area contributed by atoms with Crippen LogP contribution in [0.4, 0.5) is 4.39 Å². The van der Waals surface area contributed by atoms with Crippen molar-refractivity contribution in [3.05, 3.63) is 53.3 Å². The number of benzene rings is 2. The van der Waals surface area contributed by atoms with Crippen molar-refractivity contribution in [3.8, 4) is 16.9 Å². The smallest absolute Gasteiger partial charge is 0.308 e. The van der Waals surface area contributed by atoms with Gasteiger partial charge >= 0.3 is 5.97 Å². The van der Waals surface area contributed by atoms with Crippen molar-refractivity contribution < 1.29 is 23.8 Å². The van der Waals surface area contributed by atoms with Crippen molar-refractivity contribution in [2.45, 2.75) is 25.9 Å². The lowest BCUT2D eigenvalue weighted by molar-refractivity contribution is -0.147. The van der Waals surface area contributed by atoms with E-state index in [1.54, 1.807) is 36.1 Å². The Bertz CT molecular complexity index is 888. The summed E-state index contributed by atoms with van der Waals surface area (Å²) in [7, 11) is 0. The minimum Gasteiger partial charge on any atom is -0.481 e. The molecule has 0 unspecified atom stereocenters. The number of aliphatic carboxylic acids is 1. The molecule has 1 heterocycles. The van der Waals surface area contributed by atoms with Gasteiger partial charge in [0.15, 0.2) is 6.10 Å². The fourth-order valence-electron chi connectivity index (χ4n) is 3.35. The third-order valence-corrected chi connectivity index (χ3v) is 5.13. The van der Waals surface area contributed by atoms with Crippen LogP contribution in [-0.2, 0) is 9.59 Å². The highest BCUT2D eigenvalue weighted by molar-refractivity contribution is 6.33. The molecule has 28 heavy (non-hydrogen) atoms. The molecule has 0 radical (unpaired) electrons. The van der Waals surface area contributed by atoms with E-state index in [2.05, 4.69) is 0 Å². The Morgan fingerprint density at radius 1 is 1.29 bits per heavy atom. The number of nitrogens with zero attached hydrogens (tertiary/aromatic N) is 1. The summed E-state index contributed by atoms with van der Waals surface area (Å²) in [4.78, 5) is 25.4. The highest BCUT2D eigenvalue weighted by atomic mass is 35.5. The maximum atomic E-state index is 13.3. The van der Waals surface area contributed by atoms with Gasteiger partial charge in [-0.1, -0.05) is 23.7 Å². The number of ether oxygens (including phenoxy) is 1. The number of rotatable bonds is 5. The quantitative estimate of drug-likeness (QED) is 0.808. The molecule has 1 N–H and O–H groups in total. The zero-order valence-electron chi connectivity index (χ0n) is 15.4. The summed E-state index contributed by atoms with van der Waals surface area (Å²) in [5.74, 6) is -1.59. The SMILES string of the molecule is C[C@@H](Oc1cccc(-c2ccc(F)cc2Cl)c1)C(=O)N1CCC[C@H](C(=O)O)C1. The van der Waals surface area contributed by atoms with Gasteiger partial charge in [-0.3, -0.25) is 9.59 Å². The van der Waals surface area contributed by atoms with Gasteiger partial charge in [-0.15, -0.1) is 0 Å². The van der Waals surface area contributed by atoms with Gasteiger partial charge in [0.1, 0.15) is 11.6 Å². The first-order valence-corrected chi connectivity index (χ1v) is 9.46. The second-order valence-corrected chi connectivity index (χ2v) is 7.28. The molecule has 148 valence electrons. The standard InChI is InChI=1S/C21H21ClFNO4/c1-13(20(25)24-9-3-5-15(12-24)21(26)27)28-17-6-2-4-14(10-17)18-8-7-16(23)11-19(18)22/h2,4,6-8,10-11,13,15H,3,5,9,12H2,1H3,(H,26,27)/t13-,15+/m1/s1. The van der Waals surface area contributed by atoms with E-state index < -0.39 is 23.8 Å². The lowest BCUT2D eigenvalue weighted by atomic mass is 9.98. The molecule has 2 aromatic carbocycles. The molecule has 7 heteroatoms. The van der Waals surface area contributed by atoms with Crippen LogP contribution in [0.2, 0.25) is 5.02 Å². The molecule has 1 amide bonds. The molecule has 0 saturated carbocycles. The summed E-state index contributed by atoms with van der Waals surface area (Å²) >= 11 is 6.12. The number of likely N-dealkylation sites (tertiary alicyclic amines) is 1. The van der Waals surface area contributed by atoms with Crippen LogP contribution >= 0.6 is 11.6 Å². The van der Waals surface area contributed by atoms with Crippen LogP contribution in [0.1, 0.15) is 19.8 Å². The first-order valence-electron chi connectivity index (χ1n) is 9.09. The van der Waals surface area contributed by atoms with Crippen LogP contribution in [0.5, 0.6) is 5.75 Å². The molecule has 2 aromatic rings. The van der Waals surface area contributed by atoms with E-state index in [1.165, 1.54) is 12.1 Å². The van der Waals surface area contributed by atoms with E-state index in [0.29, 0.717) is 30.7 Å². The average molecular weight is 406 g/mol. The molecular formula is C21H21ClFNO4. The van der Waals surface area contributed by atoms with E-state index in [-0.39, 0.29) is 17.5 Å². The molecule has 3 rings (SSSR count). The number of carboxylic acid groups (broad SMARTS) is 1. The lowest BCUT2D eigenvalue weighted by Gasteiger charge is -2.32. The Kier molecular flexibility index (Phi) is 6.19. The maximum Gasteiger partial charge on any atom is 0.308 e. The van der Waals surface area contributed by atoms with Gasteiger partial charge in [0, 0.05) is 18.7 Å². The Hall–Kier alpha value is -2.60. The van der Waals surface area contributed by atoms with E-state index in [4.69, 9.17) is 16.3 Å². The van der Waals surface area contributed by atoms with E-state index in [9.17, 15) is 19.1 Å². The minimum atomic E-state index is -0.880. The number of hydrogen-bond acceptors (Lipinski definition) is 3. The fourth-order valence-corrected chi connectivity index (χ4v) is 3.63. The summed E-state index contributed by atoms with van der Waals surface area (Å²) in [5, 5.41) is 9.47. The third kappa shape index (κ3) is 4.62. The molecule has 1 fully saturated rings. The number of hydrogen-bond donors (Lipinski definition) is 1. The number of amides is 1. The molecule has 0 bridgehead atoms. The first-order chi connectivity index (χ1) is 13.3. The average Bonchev–Trinajstić information content (AvgIpc) is 2.67. The summed E-state index contributed by atoms with van der Waals surface area (Å²) in [6, 6.07) is 11.2. The molecule has 5 nitrogen and oxygen atoms in total. The van der Waals surface area contributed by atoms with Crippen LogP contribution in [0.3, 0.4) is 0 Å². The Balaban J connectivity index is 1.71. The lowest BCUT2D eigenvalue weighted by Crippen LogP contribution is -2.47. The first kappa shape index (κ1) is 20.1. The molecule has 2 atom stereocenters. The van der Waals surface area contributed by atoms with Gasteiger partial charge in [-0.05, 0) is 55.7 Å². The molecule has 0 aliphatic carbocycles. The van der Waals surface area contributed by atoms with Crippen LogP contribution in [0.25, 0.3) is 11.1 Å². The summed E-state index contributed by atoms with van der Waals surface area (Å²) in [5.41, 5.74) is 1.40. The van der Waals surface area contributed by atoms with Crippen molar-refractivity contribution in [3.63, 3.8) is 0 Å². The molecule has 0 aromatic heterocycles. The molecular weight excluding hydrogens is 385 g/mol. The third-order valence-electron chi connectivity index (χ3n) is 4.82.